The van der Waals surface area contributed by atoms with Crippen molar-refractivity contribution in [2.24, 2.45) is 0 Å². The molecule has 0 aliphatic carbocycles. The third kappa shape index (κ3) is 3.31. The third-order valence-corrected chi connectivity index (χ3v) is 2.72. The van der Waals surface area contributed by atoms with Gasteiger partial charge >= 0.3 is 0 Å². The lowest BCUT2D eigenvalue weighted by Gasteiger charge is -2.11. The van der Waals surface area contributed by atoms with E-state index in [1.54, 1.807) is 6.07 Å². The fraction of sp³-hybridized carbons (Fsp3) is 0.308. The van der Waals surface area contributed by atoms with Crippen LogP contribution >= 0.6 is 0 Å². The van der Waals surface area contributed by atoms with E-state index in [1.165, 1.54) is 18.5 Å². The molecule has 0 atom stereocenters. The molecule has 6 nitrogen and oxygen atoms in total. The van der Waals surface area contributed by atoms with Crippen LogP contribution in [-0.2, 0) is 6.42 Å². The number of rotatable bonds is 6. The lowest BCUT2D eigenvalue weighted by atomic mass is 10.1. The van der Waals surface area contributed by atoms with Gasteiger partial charge in [0.15, 0.2) is 0 Å². The van der Waals surface area contributed by atoms with Crippen LogP contribution in [0.2, 0.25) is 0 Å². The molecule has 2 aromatic rings. The number of para-hydroxylation sites is 1. The zero-order valence-electron chi connectivity index (χ0n) is 11.1. The van der Waals surface area contributed by atoms with Crippen LogP contribution in [0.4, 0.5) is 10.1 Å². The average Bonchev–Trinajstić information content (AvgIpc) is 2.94. The summed E-state index contributed by atoms with van der Waals surface area (Å²) in [5, 5.41) is 12.0. The Morgan fingerprint density at radius 2 is 2.30 bits per heavy atom. The molecular weight excluding hydrogens is 261 g/mol. The van der Waals surface area contributed by atoms with Crippen molar-refractivity contribution < 1.29 is 9.18 Å². The summed E-state index contributed by atoms with van der Waals surface area (Å²) in [6, 6.07) is 4.43. The number of carbonyl (C=O) groups excluding carboxylic acids is 1. The van der Waals surface area contributed by atoms with Gasteiger partial charge in [-0.15, -0.1) is 0 Å². The second kappa shape index (κ2) is 6.65. The van der Waals surface area contributed by atoms with Crippen LogP contribution in [0.1, 0.15) is 23.1 Å². The van der Waals surface area contributed by atoms with Crippen molar-refractivity contribution in [2.45, 2.75) is 13.3 Å². The Morgan fingerprint density at radius 3 is 3.00 bits per heavy atom. The summed E-state index contributed by atoms with van der Waals surface area (Å²) in [5.41, 5.74) is 0.525. The van der Waals surface area contributed by atoms with Gasteiger partial charge in [0.25, 0.3) is 5.91 Å². The summed E-state index contributed by atoms with van der Waals surface area (Å²) in [6.07, 6.45) is 1.95. The number of hydrogen-bond acceptors (Lipinski definition) is 4. The molecule has 1 aromatic heterocycles. The maximum absolute atomic E-state index is 13.7. The molecule has 0 radical (unpaired) electrons. The highest BCUT2D eigenvalue weighted by molar-refractivity contribution is 5.99. The number of carbonyl (C=O) groups is 1. The van der Waals surface area contributed by atoms with Crippen LogP contribution in [-0.4, -0.2) is 34.2 Å². The van der Waals surface area contributed by atoms with E-state index < -0.39 is 5.82 Å². The first-order valence-electron chi connectivity index (χ1n) is 6.37. The van der Waals surface area contributed by atoms with Gasteiger partial charge in [-0.3, -0.25) is 9.89 Å². The van der Waals surface area contributed by atoms with E-state index in [1.807, 2.05) is 6.92 Å². The lowest BCUT2D eigenvalue weighted by Crippen LogP contribution is -2.27. The number of aromatic nitrogens is 3. The first kappa shape index (κ1) is 14.0. The molecule has 7 heteroatoms. The zero-order valence-corrected chi connectivity index (χ0v) is 11.1. The summed E-state index contributed by atoms with van der Waals surface area (Å²) in [5.74, 6) is -0.0638. The number of aromatic amines is 1. The van der Waals surface area contributed by atoms with Crippen molar-refractivity contribution in [3.63, 3.8) is 0 Å². The van der Waals surface area contributed by atoms with Crippen LogP contribution < -0.4 is 10.6 Å². The molecule has 0 unspecified atom stereocenters. The molecule has 0 bridgehead atoms. The summed E-state index contributed by atoms with van der Waals surface area (Å²) < 4.78 is 13.7. The molecule has 0 saturated heterocycles. The lowest BCUT2D eigenvalue weighted by molar-refractivity contribution is 0.0954. The normalized spacial score (nSPS) is 10.3. The second-order valence-corrected chi connectivity index (χ2v) is 4.13. The third-order valence-electron chi connectivity index (χ3n) is 2.72. The number of halogens is 1. The van der Waals surface area contributed by atoms with E-state index in [2.05, 4.69) is 25.8 Å². The molecule has 3 N–H and O–H groups in total. The molecule has 2 rings (SSSR count). The smallest absolute Gasteiger partial charge is 0.253 e. The Hall–Kier alpha value is -2.44. The predicted octanol–water partition coefficient (Wildman–Crippen LogP) is 1.35. The summed E-state index contributed by atoms with van der Waals surface area (Å²) in [6.45, 7) is 2.79. The number of benzene rings is 1. The highest BCUT2D eigenvalue weighted by Crippen LogP contribution is 2.19. The molecule has 0 saturated carbocycles. The molecule has 0 fully saturated rings. The Kier molecular flexibility index (Phi) is 4.65. The standard InChI is InChI=1S/C13H16FN5O/c1-2-15-12-9(4-3-5-10(12)14)13(20)16-7-6-11-17-8-18-19-11/h3-5,8,15H,2,6-7H2,1H3,(H,16,20)(H,17,18,19). The molecule has 0 aliphatic heterocycles. The fourth-order valence-electron chi connectivity index (χ4n) is 1.81. The zero-order chi connectivity index (χ0) is 14.4. The fourth-order valence-corrected chi connectivity index (χ4v) is 1.81. The summed E-state index contributed by atoms with van der Waals surface area (Å²) >= 11 is 0. The van der Waals surface area contributed by atoms with E-state index in [-0.39, 0.29) is 11.6 Å². The Balaban J connectivity index is 1.99. The van der Waals surface area contributed by atoms with Gasteiger partial charge in [-0.05, 0) is 19.1 Å². The van der Waals surface area contributed by atoms with Crippen LogP contribution in [0.15, 0.2) is 24.5 Å². The summed E-state index contributed by atoms with van der Waals surface area (Å²) in [4.78, 5) is 16.0. The largest absolute Gasteiger partial charge is 0.382 e. The van der Waals surface area contributed by atoms with Crippen molar-refractivity contribution in [3.05, 3.63) is 41.7 Å². The van der Waals surface area contributed by atoms with Gasteiger partial charge in [-0.25, -0.2) is 9.37 Å². The maximum Gasteiger partial charge on any atom is 0.253 e. The van der Waals surface area contributed by atoms with Gasteiger partial charge < -0.3 is 10.6 Å². The number of hydrogen-bond donors (Lipinski definition) is 3. The van der Waals surface area contributed by atoms with Crippen LogP contribution in [0.3, 0.4) is 0 Å². The van der Waals surface area contributed by atoms with Crippen molar-refractivity contribution in [2.75, 3.05) is 18.4 Å². The monoisotopic (exact) mass is 277 g/mol. The topological polar surface area (TPSA) is 82.7 Å². The first-order valence-corrected chi connectivity index (χ1v) is 6.37. The highest BCUT2D eigenvalue weighted by atomic mass is 19.1. The molecule has 20 heavy (non-hydrogen) atoms. The number of amides is 1. The average molecular weight is 277 g/mol. The molecule has 106 valence electrons. The molecule has 1 heterocycles. The van der Waals surface area contributed by atoms with Gasteiger partial charge in [0.05, 0.1) is 11.3 Å². The minimum Gasteiger partial charge on any atom is -0.382 e. The molecule has 1 aromatic carbocycles. The van der Waals surface area contributed by atoms with Crippen LogP contribution in [0, 0.1) is 5.82 Å². The van der Waals surface area contributed by atoms with Gasteiger partial charge in [0.2, 0.25) is 0 Å². The van der Waals surface area contributed by atoms with Crippen LogP contribution in [0.5, 0.6) is 0 Å². The minimum atomic E-state index is -0.435. The minimum absolute atomic E-state index is 0.229. The van der Waals surface area contributed by atoms with Gasteiger partial charge in [0.1, 0.15) is 18.0 Å². The highest BCUT2D eigenvalue weighted by Gasteiger charge is 2.14. The molecule has 1 amide bonds. The van der Waals surface area contributed by atoms with Crippen LogP contribution in [0.25, 0.3) is 0 Å². The number of H-pyrrole nitrogens is 1. The van der Waals surface area contributed by atoms with E-state index in [0.717, 1.165) is 0 Å². The van der Waals surface area contributed by atoms with Crippen molar-refractivity contribution in [1.29, 1.82) is 0 Å². The quantitative estimate of drug-likeness (QED) is 0.744. The Morgan fingerprint density at radius 1 is 1.45 bits per heavy atom. The first-order chi connectivity index (χ1) is 9.72. The number of anilines is 1. The molecule has 0 aliphatic rings. The second-order valence-electron chi connectivity index (χ2n) is 4.13. The Bertz CT molecular complexity index is 570. The predicted molar refractivity (Wildman–Crippen MR) is 73.0 cm³/mol. The van der Waals surface area contributed by atoms with Crippen molar-refractivity contribution in [3.8, 4) is 0 Å². The SMILES string of the molecule is CCNc1c(F)cccc1C(=O)NCCc1ncn[nH]1. The van der Waals surface area contributed by atoms with Gasteiger partial charge in [0, 0.05) is 19.5 Å². The van der Waals surface area contributed by atoms with Crippen molar-refractivity contribution in [1.82, 2.24) is 20.5 Å². The van der Waals surface area contributed by atoms with E-state index in [0.29, 0.717) is 30.9 Å². The van der Waals surface area contributed by atoms with Gasteiger partial charge in [-0.2, -0.15) is 5.10 Å². The summed E-state index contributed by atoms with van der Waals surface area (Å²) in [7, 11) is 0. The maximum atomic E-state index is 13.7. The number of nitrogens with one attached hydrogen (secondary N) is 3. The Labute approximate surface area is 115 Å². The van der Waals surface area contributed by atoms with Gasteiger partial charge in [-0.1, -0.05) is 6.07 Å². The molecular formula is C13H16FN5O. The van der Waals surface area contributed by atoms with E-state index in [4.69, 9.17) is 0 Å². The molecule has 0 spiro atoms. The number of nitrogens with zero attached hydrogens (tertiary/aromatic N) is 2. The van der Waals surface area contributed by atoms with E-state index in [9.17, 15) is 9.18 Å². The van der Waals surface area contributed by atoms with E-state index >= 15 is 0 Å². The van der Waals surface area contributed by atoms with Crippen molar-refractivity contribution >= 4 is 11.6 Å².